The van der Waals surface area contributed by atoms with Crippen molar-refractivity contribution in [1.82, 2.24) is 4.98 Å². The predicted molar refractivity (Wildman–Crippen MR) is 63.5 cm³/mol. The highest BCUT2D eigenvalue weighted by Gasteiger charge is 2.17. The van der Waals surface area contributed by atoms with Crippen molar-refractivity contribution < 1.29 is 9.47 Å². The van der Waals surface area contributed by atoms with Crippen LogP contribution in [0.25, 0.3) is 0 Å². The summed E-state index contributed by atoms with van der Waals surface area (Å²) in [4.78, 5) is 4.13. The molecule has 0 aliphatic carbocycles. The molecule has 0 atom stereocenters. The van der Waals surface area contributed by atoms with E-state index in [1.54, 1.807) is 13.3 Å². The summed E-state index contributed by atoms with van der Waals surface area (Å²) in [5.41, 5.74) is -0.273. The second-order valence-electron chi connectivity index (χ2n) is 3.57. The Balaban J connectivity index is 2.50. The fourth-order valence-corrected chi connectivity index (χ4v) is 1.07. The molecule has 3 nitrogen and oxygen atoms in total. The third-order valence-electron chi connectivity index (χ3n) is 1.82. The Labute approximate surface area is 98.0 Å². The van der Waals surface area contributed by atoms with Gasteiger partial charge in [0.25, 0.3) is 0 Å². The number of aromatic nitrogens is 1. The Hall–Kier alpha value is -0.360. The highest BCUT2D eigenvalue weighted by molar-refractivity contribution is 14.1. The fourth-order valence-electron chi connectivity index (χ4n) is 0.754. The number of pyridine rings is 1. The lowest BCUT2D eigenvalue weighted by Gasteiger charge is -2.22. The maximum absolute atomic E-state index is 5.48. The first kappa shape index (κ1) is 11.7. The lowest BCUT2D eigenvalue weighted by atomic mass is 10.1. The smallest absolute Gasteiger partial charge is 0.213 e. The Bertz CT molecular complexity index is 285. The molecule has 0 amide bonds. The summed E-state index contributed by atoms with van der Waals surface area (Å²) in [5, 5.41) is 0. The molecule has 0 aliphatic heterocycles. The molecular weight excluding hydrogens is 293 g/mol. The van der Waals surface area contributed by atoms with Crippen LogP contribution >= 0.6 is 22.6 Å². The molecule has 0 aromatic carbocycles. The van der Waals surface area contributed by atoms with Crippen molar-refractivity contribution in [2.45, 2.75) is 19.4 Å². The second kappa shape index (κ2) is 4.93. The lowest BCUT2D eigenvalue weighted by Crippen LogP contribution is -2.30. The number of methoxy groups -OCH3 is 1. The number of ether oxygens (including phenoxy) is 2. The minimum Gasteiger partial charge on any atom is -0.475 e. The maximum atomic E-state index is 5.48. The molecule has 1 heterocycles. The SMILES string of the molecule is COC(C)(C)COc1ccc(I)cn1. The van der Waals surface area contributed by atoms with Gasteiger partial charge in [0.1, 0.15) is 6.61 Å². The van der Waals surface area contributed by atoms with Crippen LogP contribution in [0.15, 0.2) is 18.3 Å². The molecule has 1 aromatic heterocycles. The van der Waals surface area contributed by atoms with Crippen molar-refractivity contribution in [3.8, 4) is 5.88 Å². The number of halogens is 1. The van der Waals surface area contributed by atoms with Crippen LogP contribution in [-0.2, 0) is 4.74 Å². The molecule has 4 heteroatoms. The van der Waals surface area contributed by atoms with E-state index in [1.165, 1.54) is 0 Å². The zero-order valence-electron chi connectivity index (χ0n) is 8.58. The molecule has 0 unspecified atom stereocenters. The third-order valence-corrected chi connectivity index (χ3v) is 2.46. The van der Waals surface area contributed by atoms with E-state index in [4.69, 9.17) is 9.47 Å². The summed E-state index contributed by atoms with van der Waals surface area (Å²) in [5.74, 6) is 0.635. The molecule has 0 aliphatic rings. The highest BCUT2D eigenvalue weighted by Crippen LogP contribution is 2.13. The van der Waals surface area contributed by atoms with Gasteiger partial charge in [-0.05, 0) is 42.5 Å². The van der Waals surface area contributed by atoms with E-state index in [-0.39, 0.29) is 5.60 Å². The van der Waals surface area contributed by atoms with E-state index < -0.39 is 0 Å². The summed E-state index contributed by atoms with van der Waals surface area (Å²) >= 11 is 2.21. The zero-order chi connectivity index (χ0) is 10.6. The molecule has 0 spiro atoms. The van der Waals surface area contributed by atoms with Crippen LogP contribution in [0.4, 0.5) is 0 Å². The van der Waals surface area contributed by atoms with Gasteiger partial charge in [-0.2, -0.15) is 0 Å². The van der Waals surface area contributed by atoms with Crippen molar-refractivity contribution >= 4 is 22.6 Å². The average molecular weight is 307 g/mol. The zero-order valence-corrected chi connectivity index (χ0v) is 10.7. The van der Waals surface area contributed by atoms with Crippen molar-refractivity contribution in [2.75, 3.05) is 13.7 Å². The van der Waals surface area contributed by atoms with E-state index in [9.17, 15) is 0 Å². The molecule has 1 rings (SSSR count). The predicted octanol–water partition coefficient (Wildman–Crippen LogP) is 2.49. The Morgan fingerprint density at radius 3 is 2.64 bits per heavy atom. The monoisotopic (exact) mass is 307 g/mol. The lowest BCUT2D eigenvalue weighted by molar-refractivity contribution is -0.0158. The van der Waals surface area contributed by atoms with Crippen LogP contribution in [-0.4, -0.2) is 24.3 Å². The Morgan fingerprint density at radius 2 is 2.14 bits per heavy atom. The van der Waals surface area contributed by atoms with Gasteiger partial charge in [-0.1, -0.05) is 0 Å². The number of nitrogens with zero attached hydrogens (tertiary/aromatic N) is 1. The fraction of sp³-hybridized carbons (Fsp3) is 0.500. The summed E-state index contributed by atoms with van der Waals surface area (Å²) in [6.45, 7) is 4.44. The number of rotatable bonds is 4. The van der Waals surface area contributed by atoms with Gasteiger partial charge in [-0.15, -0.1) is 0 Å². The molecule has 0 radical (unpaired) electrons. The first-order valence-corrected chi connectivity index (χ1v) is 5.41. The van der Waals surface area contributed by atoms with Crippen molar-refractivity contribution in [2.24, 2.45) is 0 Å². The van der Waals surface area contributed by atoms with E-state index in [0.29, 0.717) is 12.5 Å². The van der Waals surface area contributed by atoms with Crippen LogP contribution in [0.3, 0.4) is 0 Å². The van der Waals surface area contributed by atoms with Gasteiger partial charge in [0.2, 0.25) is 5.88 Å². The van der Waals surface area contributed by atoms with Gasteiger partial charge in [0, 0.05) is 22.9 Å². The first-order chi connectivity index (χ1) is 6.53. The standard InChI is InChI=1S/C10H14INO2/c1-10(2,13-3)7-14-9-5-4-8(11)6-12-9/h4-6H,7H2,1-3H3. The van der Waals surface area contributed by atoms with Gasteiger partial charge in [0.15, 0.2) is 0 Å². The van der Waals surface area contributed by atoms with Crippen LogP contribution in [0.1, 0.15) is 13.8 Å². The molecule has 14 heavy (non-hydrogen) atoms. The van der Waals surface area contributed by atoms with Gasteiger partial charge < -0.3 is 9.47 Å². The average Bonchev–Trinajstić information content (AvgIpc) is 2.17. The van der Waals surface area contributed by atoms with Crippen molar-refractivity contribution in [3.05, 3.63) is 21.9 Å². The highest BCUT2D eigenvalue weighted by atomic mass is 127. The number of hydrogen-bond acceptors (Lipinski definition) is 3. The Morgan fingerprint density at radius 1 is 1.43 bits per heavy atom. The second-order valence-corrected chi connectivity index (χ2v) is 4.81. The number of hydrogen-bond donors (Lipinski definition) is 0. The molecule has 0 bridgehead atoms. The maximum Gasteiger partial charge on any atom is 0.213 e. The summed E-state index contributed by atoms with van der Waals surface area (Å²) < 4.78 is 11.8. The van der Waals surface area contributed by atoms with Gasteiger partial charge in [-0.25, -0.2) is 4.98 Å². The molecule has 1 aromatic rings. The largest absolute Gasteiger partial charge is 0.475 e. The topological polar surface area (TPSA) is 31.4 Å². The minimum atomic E-state index is -0.273. The van der Waals surface area contributed by atoms with Gasteiger partial charge in [-0.3, -0.25) is 0 Å². The van der Waals surface area contributed by atoms with Crippen LogP contribution in [0.2, 0.25) is 0 Å². The van der Waals surface area contributed by atoms with Crippen LogP contribution in [0.5, 0.6) is 5.88 Å². The summed E-state index contributed by atoms with van der Waals surface area (Å²) in [6.07, 6.45) is 1.77. The van der Waals surface area contributed by atoms with Crippen LogP contribution < -0.4 is 4.74 Å². The summed E-state index contributed by atoms with van der Waals surface area (Å²) in [7, 11) is 1.67. The molecule has 0 saturated heterocycles. The molecule has 0 saturated carbocycles. The van der Waals surface area contributed by atoms with Crippen LogP contribution in [0, 0.1) is 3.57 Å². The molecule has 0 N–H and O–H groups in total. The Kier molecular flexibility index (Phi) is 4.12. The van der Waals surface area contributed by atoms with Crippen molar-refractivity contribution in [3.63, 3.8) is 0 Å². The van der Waals surface area contributed by atoms with E-state index in [1.807, 2.05) is 26.0 Å². The van der Waals surface area contributed by atoms with E-state index >= 15 is 0 Å². The van der Waals surface area contributed by atoms with Gasteiger partial charge in [0.05, 0.1) is 5.60 Å². The molecule has 78 valence electrons. The van der Waals surface area contributed by atoms with E-state index in [2.05, 4.69) is 27.6 Å². The van der Waals surface area contributed by atoms with Gasteiger partial charge >= 0.3 is 0 Å². The molecule has 0 fully saturated rings. The minimum absolute atomic E-state index is 0.273. The first-order valence-electron chi connectivity index (χ1n) is 4.33. The van der Waals surface area contributed by atoms with E-state index in [0.717, 1.165) is 3.57 Å². The normalized spacial score (nSPS) is 11.4. The molecular formula is C10H14INO2. The third kappa shape index (κ3) is 3.79. The summed E-state index contributed by atoms with van der Waals surface area (Å²) in [6, 6.07) is 3.82. The van der Waals surface area contributed by atoms with Crippen molar-refractivity contribution in [1.29, 1.82) is 0 Å². The quantitative estimate of drug-likeness (QED) is 0.801.